The number of hydrogen-bond donors (Lipinski definition) is 5. The molecule has 6 fully saturated rings. The first-order valence-electron chi connectivity index (χ1n) is 16.5. The predicted molar refractivity (Wildman–Crippen MR) is 194 cm³/mol. The van der Waals surface area contributed by atoms with Crippen LogP contribution in [0.2, 0.25) is 0 Å². The van der Waals surface area contributed by atoms with Crippen molar-refractivity contribution in [2.75, 3.05) is 38.4 Å². The second-order valence-corrected chi connectivity index (χ2v) is 20.5. The van der Waals surface area contributed by atoms with Crippen LogP contribution in [0, 0.1) is 5.92 Å². The normalized spacial score (nSPS) is 41.9. The Labute approximate surface area is 308 Å². The summed E-state index contributed by atoms with van der Waals surface area (Å²) in [6.07, 6.45) is -6.05. The average molecular weight is 773 g/mol. The number of ether oxygens (including phenoxy) is 1. The molecule has 0 radical (unpaired) electrons. The van der Waals surface area contributed by atoms with Gasteiger partial charge in [-0.25, -0.2) is 0 Å². The Hall–Kier alpha value is -2.84. The van der Waals surface area contributed by atoms with Crippen LogP contribution in [0.1, 0.15) is 25.0 Å². The average Bonchev–Trinajstić information content (AvgIpc) is 3.76. The van der Waals surface area contributed by atoms with Gasteiger partial charge < -0.3 is 40.5 Å². The van der Waals surface area contributed by atoms with Gasteiger partial charge in [-0.3, -0.25) is 29.0 Å². The molecule has 0 aromatic heterocycles. The van der Waals surface area contributed by atoms with Gasteiger partial charge >= 0.3 is 0 Å². The first kappa shape index (κ1) is 34.0. The van der Waals surface area contributed by atoms with Gasteiger partial charge in [0.25, 0.3) is 29.4 Å². The maximum absolute atomic E-state index is 15.4. The van der Waals surface area contributed by atoms with E-state index in [0.717, 1.165) is 15.7 Å². The van der Waals surface area contributed by atoms with Gasteiger partial charge in [0.1, 0.15) is 30.6 Å². The smallest absolute Gasteiger partial charge is 0.279 e. The molecular weight excluding hydrogens is 737 g/mol. The highest BCUT2D eigenvalue weighted by molar-refractivity contribution is 9.26. The van der Waals surface area contributed by atoms with Gasteiger partial charge in [-0.2, -0.15) is 0 Å². The predicted octanol–water partition coefficient (Wildman–Crippen LogP) is 1.16. The van der Waals surface area contributed by atoms with Crippen LogP contribution in [-0.2, 0) is 34.7 Å². The number of rotatable bonds is 4. The lowest BCUT2D eigenvalue weighted by Crippen LogP contribution is -2.76. The van der Waals surface area contributed by atoms with E-state index < -0.39 is 81.2 Å². The maximum atomic E-state index is 15.4. The van der Waals surface area contributed by atoms with Gasteiger partial charge in [0, 0.05) is 32.6 Å². The Balaban J connectivity index is 1.43. The minimum atomic E-state index is -2.33. The molecule has 4 amide bonds. The third kappa shape index (κ3) is 3.25. The number of aliphatic hydroxyl groups excluding tert-OH is 3. The summed E-state index contributed by atoms with van der Waals surface area (Å²) in [6, 6.07) is 13.0. The molecule has 18 heteroatoms. The summed E-state index contributed by atoms with van der Waals surface area (Å²) in [5.74, 6) is -2.66. The molecule has 6 saturated heterocycles. The molecule has 0 unspecified atom stereocenters. The number of carbonyl (C=O) groups is 4. The van der Waals surface area contributed by atoms with Gasteiger partial charge in [0.15, 0.2) is 4.87 Å². The molecule has 51 heavy (non-hydrogen) atoms. The maximum Gasteiger partial charge on any atom is 0.279 e. The van der Waals surface area contributed by atoms with E-state index in [9.17, 15) is 24.9 Å². The van der Waals surface area contributed by atoms with E-state index >= 15 is 9.59 Å². The number of amides is 4. The number of fused-ring (bicyclic) bond motifs is 13. The van der Waals surface area contributed by atoms with Gasteiger partial charge in [-0.05, 0) is 70.4 Å². The summed E-state index contributed by atoms with van der Waals surface area (Å²) in [5.41, 5.74) is -3.94. The number of methoxy groups -OCH3 is 1. The van der Waals surface area contributed by atoms with Gasteiger partial charge in [0.05, 0.1) is 17.4 Å². The molecule has 8 aliphatic heterocycles. The number of aliphatic hydroxyl groups is 3. The van der Waals surface area contributed by atoms with Crippen LogP contribution >= 0.6 is 41.2 Å². The molecule has 14 nitrogen and oxygen atoms in total. The molecule has 0 saturated carbocycles. The van der Waals surface area contributed by atoms with Gasteiger partial charge in [-0.1, -0.05) is 50.2 Å². The van der Waals surface area contributed by atoms with Gasteiger partial charge in [0.2, 0.25) is 4.87 Å². The zero-order valence-corrected chi connectivity index (χ0v) is 31.4. The largest absolute Gasteiger partial charge is 0.394 e. The summed E-state index contributed by atoms with van der Waals surface area (Å²) in [7, 11) is 9.25. The number of anilines is 2. The van der Waals surface area contributed by atoms with Crippen molar-refractivity contribution in [1.82, 2.24) is 19.6 Å². The molecule has 270 valence electrons. The quantitative estimate of drug-likeness (QED) is 0.280. The van der Waals surface area contributed by atoms with Crippen LogP contribution in [0.3, 0.4) is 0 Å². The second kappa shape index (κ2) is 10.6. The Kier molecular flexibility index (Phi) is 7.09. The number of piperazine rings is 2. The van der Waals surface area contributed by atoms with Crippen molar-refractivity contribution in [3.8, 4) is 0 Å². The highest BCUT2D eigenvalue weighted by Gasteiger charge is 2.91. The molecule has 0 aliphatic carbocycles. The fourth-order valence-electron chi connectivity index (χ4n) is 10.5. The minimum Gasteiger partial charge on any atom is -0.394 e. The van der Waals surface area contributed by atoms with Crippen LogP contribution in [0.15, 0.2) is 48.5 Å². The van der Waals surface area contributed by atoms with Crippen LogP contribution in [0.4, 0.5) is 11.4 Å². The molecule has 8 aliphatic rings. The van der Waals surface area contributed by atoms with E-state index in [0.29, 0.717) is 22.5 Å². The third-order valence-electron chi connectivity index (χ3n) is 12.6. The summed E-state index contributed by atoms with van der Waals surface area (Å²) in [4.78, 5) is 61.8. The number of nitrogens with one attached hydrogen (secondary N) is 2. The highest BCUT2D eigenvalue weighted by Crippen LogP contribution is 2.76. The van der Waals surface area contributed by atoms with Crippen molar-refractivity contribution < 1.29 is 39.2 Å². The summed E-state index contributed by atoms with van der Waals surface area (Å²) >= 11 is 0. The molecule has 5 N–H and O–H groups in total. The van der Waals surface area contributed by atoms with Crippen LogP contribution in [0.5, 0.6) is 0 Å². The zero-order chi connectivity index (χ0) is 36.2. The number of benzene rings is 2. The van der Waals surface area contributed by atoms with Crippen molar-refractivity contribution in [3.63, 3.8) is 0 Å². The first-order valence-corrected chi connectivity index (χ1v) is 21.3. The van der Waals surface area contributed by atoms with E-state index in [1.54, 1.807) is 43.4 Å². The van der Waals surface area contributed by atoms with Crippen molar-refractivity contribution in [2.24, 2.45) is 5.92 Å². The molecular formula is C33H36N6O8S4. The molecule has 2 aromatic rings. The lowest BCUT2D eigenvalue weighted by molar-refractivity contribution is -0.218. The van der Waals surface area contributed by atoms with Crippen molar-refractivity contribution in [3.05, 3.63) is 59.7 Å². The summed E-state index contributed by atoms with van der Waals surface area (Å²) < 4.78 is 6.06. The number of hydrogen-bond acceptors (Lipinski definition) is 14. The summed E-state index contributed by atoms with van der Waals surface area (Å²) in [5, 5.41) is 44.3. The van der Waals surface area contributed by atoms with Crippen LogP contribution < -0.4 is 10.6 Å². The highest BCUT2D eigenvalue weighted by atomic mass is 33.7. The Morgan fingerprint density at radius 3 is 1.92 bits per heavy atom. The van der Waals surface area contributed by atoms with Gasteiger partial charge in [-0.15, -0.1) is 0 Å². The van der Waals surface area contributed by atoms with Crippen LogP contribution in [-0.4, -0.2) is 132 Å². The number of carbonyl (C=O) groups excluding carboxylic acids is 4. The van der Waals surface area contributed by atoms with Crippen molar-refractivity contribution >= 4 is 76.2 Å². The fourth-order valence-corrected chi connectivity index (χ4v) is 18.6. The molecule has 2 bridgehead atoms. The number of nitrogens with zero attached hydrogens (tertiary/aromatic N) is 4. The molecule has 10 atom stereocenters. The number of likely N-dealkylation sites (N-methyl/N-ethyl adjacent to an activating group) is 2. The second-order valence-electron chi connectivity index (χ2n) is 14.3. The van der Waals surface area contributed by atoms with Crippen molar-refractivity contribution in [2.45, 2.75) is 70.7 Å². The van der Waals surface area contributed by atoms with E-state index in [2.05, 4.69) is 10.6 Å². The zero-order valence-electron chi connectivity index (χ0n) is 28.1. The van der Waals surface area contributed by atoms with E-state index in [1.165, 1.54) is 59.3 Å². The van der Waals surface area contributed by atoms with E-state index in [1.807, 2.05) is 26.0 Å². The van der Waals surface area contributed by atoms with E-state index in [-0.39, 0.29) is 11.8 Å². The Morgan fingerprint density at radius 2 is 1.35 bits per heavy atom. The van der Waals surface area contributed by atoms with Crippen LogP contribution in [0.25, 0.3) is 0 Å². The lowest BCUT2D eigenvalue weighted by Gasteiger charge is -2.56. The topological polar surface area (TPSA) is 175 Å². The molecule has 1 spiro atoms. The molecule has 2 aromatic carbocycles. The monoisotopic (exact) mass is 772 g/mol. The standard InChI is InChI=1S/C33H36N6O8S4/c1-15(2)32-28(46)39-25-30(17-11-7-9-13-19(17)35-25,23(43)33(39,27(45)37(32)4)49-51-50-48-32)29-16-10-6-8-12-18(16)34-24(29)38-21(41)20(14-40)36(3)26(44)31(38,47-5)22(29)42/h6-13,15,20,22-25,34-35,40,42-43H,14H2,1-5H3/t20-,22+,23+,24-,25+,29-,30+,31-,32+,33-/m0/s1. The third-order valence-corrected chi connectivity index (χ3v) is 20.1. The lowest BCUT2D eigenvalue weighted by atomic mass is 9.51. The number of para-hydroxylation sites is 2. The Bertz CT molecular complexity index is 1940. The SMILES string of the molecule is CO[C@@]12C(=O)N(C)[C@@H](CO)C(=O)N1[C@@H]1Nc3ccccc3[C@]1([C@@]13c4ccccc4N[C@@H]1N1C(=O)[C@@]4(C(C)C)SSSS[C@]1(C(=O)N4C)[C@@H]3O)[C@H]2O. The van der Waals surface area contributed by atoms with E-state index in [4.69, 9.17) is 4.74 Å². The summed E-state index contributed by atoms with van der Waals surface area (Å²) in [6.45, 7) is 3.08. The molecule has 8 heterocycles. The Morgan fingerprint density at radius 1 is 0.804 bits per heavy atom. The first-order chi connectivity index (χ1) is 24.3. The minimum absolute atomic E-state index is 0.349. The van der Waals surface area contributed by atoms with Crippen molar-refractivity contribution in [1.29, 1.82) is 0 Å². The molecule has 10 rings (SSSR count). The fraction of sp³-hybridized carbons (Fsp3) is 0.515.